The van der Waals surface area contributed by atoms with Gasteiger partial charge in [0.05, 0.1) is 6.07 Å². The van der Waals surface area contributed by atoms with Gasteiger partial charge in [-0.1, -0.05) is 25.1 Å². The molecule has 0 aliphatic carbocycles. The first-order valence-corrected chi connectivity index (χ1v) is 7.65. The monoisotopic (exact) mass is 276 g/mol. The second-order valence-electron chi connectivity index (χ2n) is 5.64. The van der Waals surface area contributed by atoms with E-state index >= 15 is 0 Å². The van der Waals surface area contributed by atoms with Crippen molar-refractivity contribution in [3.8, 4) is 6.07 Å². The van der Waals surface area contributed by atoms with E-state index < -0.39 is 5.54 Å². The summed E-state index contributed by atoms with van der Waals surface area (Å²) in [4.78, 5) is 1.31. The molecule has 1 aromatic rings. The first kappa shape index (κ1) is 16.1. The van der Waals surface area contributed by atoms with Crippen LogP contribution in [0.25, 0.3) is 0 Å². The number of nitriles is 1. The lowest BCUT2D eigenvalue weighted by molar-refractivity contribution is 0.382. The highest BCUT2D eigenvalue weighted by Gasteiger charge is 2.27. The highest BCUT2D eigenvalue weighted by molar-refractivity contribution is 8.00. The van der Waals surface area contributed by atoms with Crippen LogP contribution in [0.5, 0.6) is 0 Å². The van der Waals surface area contributed by atoms with Crippen LogP contribution in [-0.2, 0) is 0 Å². The molecule has 1 rings (SSSR count). The summed E-state index contributed by atoms with van der Waals surface area (Å²) in [5.74, 6) is 0. The number of hydrogen-bond acceptors (Lipinski definition) is 3. The van der Waals surface area contributed by atoms with Crippen LogP contribution in [-0.4, -0.2) is 16.8 Å². The van der Waals surface area contributed by atoms with Gasteiger partial charge in [0.25, 0.3) is 0 Å². The second-order valence-corrected chi connectivity index (χ2v) is 7.12. The van der Waals surface area contributed by atoms with E-state index in [4.69, 9.17) is 0 Å². The van der Waals surface area contributed by atoms with E-state index in [-0.39, 0.29) is 0 Å². The summed E-state index contributed by atoms with van der Waals surface area (Å²) in [5, 5.41) is 13.1. The zero-order valence-electron chi connectivity index (χ0n) is 12.5. The van der Waals surface area contributed by atoms with Gasteiger partial charge < -0.3 is 0 Å². The Hall–Kier alpha value is -0.980. The third-order valence-electron chi connectivity index (χ3n) is 2.97. The van der Waals surface area contributed by atoms with E-state index in [9.17, 15) is 5.26 Å². The number of hydrogen-bond donors (Lipinski definition) is 1. The molecule has 104 valence electrons. The molecule has 0 aliphatic rings. The lowest BCUT2D eigenvalue weighted by Gasteiger charge is -2.28. The van der Waals surface area contributed by atoms with Crippen LogP contribution in [0.1, 0.15) is 39.7 Å². The van der Waals surface area contributed by atoms with Gasteiger partial charge in [0.2, 0.25) is 0 Å². The molecule has 3 heteroatoms. The minimum Gasteiger partial charge on any atom is -0.297 e. The van der Waals surface area contributed by atoms with Gasteiger partial charge in [-0.15, -0.1) is 11.8 Å². The number of thioether (sulfide) groups is 1. The third-order valence-corrected chi connectivity index (χ3v) is 4.25. The van der Waals surface area contributed by atoms with Crippen molar-refractivity contribution in [1.29, 1.82) is 5.26 Å². The summed E-state index contributed by atoms with van der Waals surface area (Å²) < 4.78 is 0. The molecule has 0 aliphatic heterocycles. The smallest absolute Gasteiger partial charge is 0.105 e. The van der Waals surface area contributed by atoms with E-state index in [1.807, 2.05) is 18.7 Å². The average molecular weight is 276 g/mol. The quantitative estimate of drug-likeness (QED) is 0.793. The summed E-state index contributed by atoms with van der Waals surface area (Å²) in [6, 6.07) is 11.1. The van der Waals surface area contributed by atoms with Gasteiger partial charge in [-0.2, -0.15) is 5.26 Å². The van der Waals surface area contributed by atoms with Crippen molar-refractivity contribution >= 4 is 11.8 Å². The van der Waals surface area contributed by atoms with Gasteiger partial charge in [0, 0.05) is 16.2 Å². The molecule has 19 heavy (non-hydrogen) atoms. The fourth-order valence-electron chi connectivity index (χ4n) is 2.30. The third kappa shape index (κ3) is 5.26. The fourth-order valence-corrected chi connectivity index (χ4v) is 3.56. The molecule has 2 nitrogen and oxygen atoms in total. The van der Waals surface area contributed by atoms with Crippen molar-refractivity contribution in [2.45, 2.75) is 62.8 Å². The Morgan fingerprint density at radius 1 is 1.32 bits per heavy atom. The van der Waals surface area contributed by atoms with Gasteiger partial charge in [-0.25, -0.2) is 0 Å². The fraction of sp³-hybridized carbons (Fsp3) is 0.562. The Balaban J connectivity index is 2.67. The maximum atomic E-state index is 9.38. The molecule has 2 atom stereocenters. The van der Waals surface area contributed by atoms with Gasteiger partial charge in [-0.05, 0) is 45.7 Å². The maximum absolute atomic E-state index is 9.38. The van der Waals surface area contributed by atoms with Crippen LogP contribution >= 0.6 is 11.8 Å². The van der Waals surface area contributed by atoms with E-state index in [2.05, 4.69) is 63.3 Å². The Morgan fingerprint density at radius 3 is 2.47 bits per heavy atom. The largest absolute Gasteiger partial charge is 0.297 e. The van der Waals surface area contributed by atoms with E-state index in [1.165, 1.54) is 10.5 Å². The van der Waals surface area contributed by atoms with Gasteiger partial charge in [0.15, 0.2) is 0 Å². The van der Waals surface area contributed by atoms with Crippen LogP contribution in [0.4, 0.5) is 0 Å². The molecule has 0 saturated heterocycles. The second kappa shape index (κ2) is 6.98. The predicted molar refractivity (Wildman–Crippen MR) is 83.4 cm³/mol. The summed E-state index contributed by atoms with van der Waals surface area (Å²) >= 11 is 1.85. The lowest BCUT2D eigenvalue weighted by atomic mass is 9.97. The minimum atomic E-state index is -0.455. The molecule has 1 aromatic carbocycles. The van der Waals surface area contributed by atoms with Crippen LogP contribution in [0.2, 0.25) is 0 Å². The van der Waals surface area contributed by atoms with Gasteiger partial charge in [0.1, 0.15) is 5.54 Å². The Bertz CT molecular complexity index is 450. The lowest BCUT2D eigenvalue weighted by Crippen LogP contribution is -2.46. The first-order chi connectivity index (χ1) is 8.86. The first-order valence-electron chi connectivity index (χ1n) is 6.77. The molecule has 0 aromatic heterocycles. The van der Waals surface area contributed by atoms with E-state index in [0.717, 1.165) is 6.42 Å². The molecule has 0 heterocycles. The van der Waals surface area contributed by atoms with Crippen LogP contribution in [0.15, 0.2) is 29.2 Å². The highest BCUT2D eigenvalue weighted by atomic mass is 32.2. The average Bonchev–Trinajstić information content (AvgIpc) is 2.31. The van der Waals surface area contributed by atoms with Gasteiger partial charge in [-0.3, -0.25) is 5.32 Å². The molecular formula is C16H24N2S. The number of nitrogens with one attached hydrogen (secondary N) is 1. The Labute approximate surface area is 121 Å². The highest BCUT2D eigenvalue weighted by Crippen LogP contribution is 2.30. The normalized spacial score (nSPS) is 15.8. The topological polar surface area (TPSA) is 35.8 Å². The number of benzene rings is 1. The van der Waals surface area contributed by atoms with E-state index in [0.29, 0.717) is 11.3 Å². The standard InChI is InChI=1S/C16H24N2S/c1-12(2)18-16(5,11-17)10-14(4)19-15-9-7-6-8-13(15)3/h6-9,12,14,18H,10H2,1-5H3. The minimum absolute atomic E-state index is 0.320. The molecular weight excluding hydrogens is 252 g/mol. The predicted octanol–water partition coefficient (Wildman–Crippen LogP) is 4.15. The molecule has 0 saturated carbocycles. The molecule has 0 bridgehead atoms. The molecule has 2 unspecified atom stereocenters. The van der Waals surface area contributed by atoms with Crippen molar-refractivity contribution in [3.63, 3.8) is 0 Å². The van der Waals surface area contributed by atoms with Crippen molar-refractivity contribution in [2.24, 2.45) is 0 Å². The molecule has 0 fully saturated rings. The molecule has 0 amide bonds. The molecule has 0 spiro atoms. The Kier molecular flexibility index (Phi) is 5.90. The van der Waals surface area contributed by atoms with Crippen molar-refractivity contribution < 1.29 is 0 Å². The summed E-state index contributed by atoms with van der Waals surface area (Å²) in [7, 11) is 0. The zero-order valence-corrected chi connectivity index (χ0v) is 13.3. The number of rotatable bonds is 6. The summed E-state index contributed by atoms with van der Waals surface area (Å²) in [6.07, 6.45) is 0.834. The van der Waals surface area contributed by atoms with Crippen molar-refractivity contribution in [2.75, 3.05) is 0 Å². The van der Waals surface area contributed by atoms with E-state index in [1.54, 1.807) is 0 Å². The number of aryl methyl sites for hydroxylation is 1. The van der Waals surface area contributed by atoms with Crippen molar-refractivity contribution in [3.05, 3.63) is 29.8 Å². The summed E-state index contributed by atoms with van der Waals surface area (Å²) in [5.41, 5.74) is 0.846. The zero-order chi connectivity index (χ0) is 14.5. The SMILES string of the molecule is Cc1ccccc1SC(C)CC(C)(C#N)NC(C)C. The van der Waals surface area contributed by atoms with Crippen LogP contribution in [0.3, 0.4) is 0 Å². The Morgan fingerprint density at radius 2 is 1.95 bits per heavy atom. The molecule has 0 radical (unpaired) electrons. The maximum Gasteiger partial charge on any atom is 0.105 e. The van der Waals surface area contributed by atoms with Crippen LogP contribution < -0.4 is 5.32 Å². The van der Waals surface area contributed by atoms with Gasteiger partial charge >= 0.3 is 0 Å². The summed E-state index contributed by atoms with van der Waals surface area (Å²) in [6.45, 7) is 10.5. The number of nitrogens with zero attached hydrogens (tertiary/aromatic N) is 1. The molecule has 1 N–H and O–H groups in total. The van der Waals surface area contributed by atoms with Crippen molar-refractivity contribution in [1.82, 2.24) is 5.32 Å². The van der Waals surface area contributed by atoms with Crippen LogP contribution in [0, 0.1) is 18.3 Å².